The van der Waals surface area contributed by atoms with Crippen LogP contribution in [0.1, 0.15) is 36.0 Å². The molecule has 0 atom stereocenters. The number of nitro groups is 1. The number of rotatable bonds is 3. The summed E-state index contributed by atoms with van der Waals surface area (Å²) >= 11 is 0. The van der Waals surface area contributed by atoms with Crippen LogP contribution in [0.2, 0.25) is 0 Å². The largest absolute Gasteiger partial charge is 0.393 e. The Kier molecular flexibility index (Phi) is 4.46. The highest BCUT2D eigenvalue weighted by Crippen LogP contribution is 2.23. The first-order valence-electron chi connectivity index (χ1n) is 6.51. The molecule has 1 aromatic carbocycles. The quantitative estimate of drug-likeness (QED) is 0.658. The van der Waals surface area contributed by atoms with Gasteiger partial charge in [-0.15, -0.1) is 0 Å². The molecule has 1 aromatic rings. The number of benzene rings is 1. The number of amides is 1. The maximum absolute atomic E-state index is 13.9. The molecule has 8 heteroatoms. The van der Waals surface area contributed by atoms with Crippen LogP contribution in [0.5, 0.6) is 0 Å². The van der Waals surface area contributed by atoms with Crippen molar-refractivity contribution in [2.75, 3.05) is 0 Å². The molecule has 114 valence electrons. The van der Waals surface area contributed by atoms with Gasteiger partial charge >= 0.3 is 5.69 Å². The summed E-state index contributed by atoms with van der Waals surface area (Å²) in [7, 11) is 0. The number of nitrogens with zero attached hydrogens (tertiary/aromatic N) is 1. The molecule has 0 bridgehead atoms. The molecule has 0 unspecified atom stereocenters. The predicted octanol–water partition coefficient (Wildman–Crippen LogP) is 1.91. The predicted molar refractivity (Wildman–Crippen MR) is 68.7 cm³/mol. The maximum atomic E-state index is 13.9. The summed E-state index contributed by atoms with van der Waals surface area (Å²) in [6.45, 7) is 0. The van der Waals surface area contributed by atoms with Gasteiger partial charge in [-0.25, -0.2) is 4.39 Å². The Morgan fingerprint density at radius 1 is 1.29 bits per heavy atom. The van der Waals surface area contributed by atoms with E-state index in [1.165, 1.54) is 0 Å². The van der Waals surface area contributed by atoms with Gasteiger partial charge in [0.25, 0.3) is 5.91 Å². The molecule has 21 heavy (non-hydrogen) atoms. The van der Waals surface area contributed by atoms with Crippen LogP contribution >= 0.6 is 0 Å². The average molecular weight is 300 g/mol. The van der Waals surface area contributed by atoms with Crippen LogP contribution in [0, 0.1) is 21.7 Å². The number of nitrogens with one attached hydrogen (secondary N) is 1. The van der Waals surface area contributed by atoms with Crippen LogP contribution in [-0.4, -0.2) is 28.1 Å². The lowest BCUT2D eigenvalue weighted by Gasteiger charge is -2.26. The Morgan fingerprint density at radius 2 is 1.90 bits per heavy atom. The van der Waals surface area contributed by atoms with E-state index in [-0.39, 0.29) is 6.04 Å². The number of carbonyl (C=O) groups is 1. The van der Waals surface area contributed by atoms with Gasteiger partial charge in [0.05, 0.1) is 22.7 Å². The lowest BCUT2D eigenvalue weighted by Crippen LogP contribution is -2.39. The maximum Gasteiger partial charge on any atom is 0.308 e. The fourth-order valence-corrected chi connectivity index (χ4v) is 2.36. The summed E-state index contributed by atoms with van der Waals surface area (Å²) in [5, 5.41) is 22.5. The first-order chi connectivity index (χ1) is 9.88. The van der Waals surface area contributed by atoms with Crippen LogP contribution in [0.15, 0.2) is 12.1 Å². The first kappa shape index (κ1) is 15.3. The first-order valence-corrected chi connectivity index (χ1v) is 6.51. The van der Waals surface area contributed by atoms with Gasteiger partial charge in [0, 0.05) is 6.04 Å². The zero-order chi connectivity index (χ0) is 15.6. The van der Waals surface area contributed by atoms with Gasteiger partial charge in [-0.1, -0.05) is 0 Å². The zero-order valence-electron chi connectivity index (χ0n) is 11.0. The highest BCUT2D eigenvalue weighted by atomic mass is 19.1. The monoisotopic (exact) mass is 300 g/mol. The Balaban J connectivity index is 2.17. The van der Waals surface area contributed by atoms with E-state index in [9.17, 15) is 28.8 Å². The molecule has 1 saturated carbocycles. The number of halogens is 2. The van der Waals surface area contributed by atoms with E-state index in [0.717, 1.165) is 0 Å². The molecule has 1 amide bonds. The second kappa shape index (κ2) is 6.13. The molecule has 1 aliphatic rings. The minimum atomic E-state index is -1.35. The number of carbonyl (C=O) groups excluding carboxylic acids is 1. The summed E-state index contributed by atoms with van der Waals surface area (Å²) in [5.41, 5.74) is -1.76. The van der Waals surface area contributed by atoms with Crippen LogP contribution in [0.4, 0.5) is 14.5 Å². The molecular formula is C13H14F2N2O4. The van der Waals surface area contributed by atoms with Gasteiger partial charge in [0.15, 0.2) is 0 Å². The summed E-state index contributed by atoms with van der Waals surface area (Å²) in [6.07, 6.45) is 1.65. The summed E-state index contributed by atoms with van der Waals surface area (Å²) in [5.74, 6) is -3.29. The Hall–Kier alpha value is -2.09. The van der Waals surface area contributed by atoms with Crippen molar-refractivity contribution >= 4 is 11.6 Å². The number of nitro benzene ring substituents is 1. The minimum Gasteiger partial charge on any atom is -0.393 e. The molecule has 1 fully saturated rings. The van der Waals surface area contributed by atoms with Crippen molar-refractivity contribution in [1.82, 2.24) is 5.32 Å². The third-order valence-corrected chi connectivity index (χ3v) is 3.49. The van der Waals surface area contributed by atoms with Crippen molar-refractivity contribution in [2.24, 2.45) is 0 Å². The zero-order valence-corrected chi connectivity index (χ0v) is 11.0. The van der Waals surface area contributed by atoms with Crippen LogP contribution < -0.4 is 5.32 Å². The number of hydrogen-bond donors (Lipinski definition) is 2. The van der Waals surface area contributed by atoms with Crippen molar-refractivity contribution in [1.29, 1.82) is 0 Å². The summed E-state index contributed by atoms with van der Waals surface area (Å²) in [6, 6.07) is 0.806. The fourth-order valence-electron chi connectivity index (χ4n) is 2.36. The van der Waals surface area contributed by atoms with Crippen LogP contribution in [0.3, 0.4) is 0 Å². The third kappa shape index (κ3) is 3.52. The highest BCUT2D eigenvalue weighted by molar-refractivity contribution is 5.95. The topological polar surface area (TPSA) is 92.5 Å². The lowest BCUT2D eigenvalue weighted by molar-refractivity contribution is -0.387. The second-order valence-electron chi connectivity index (χ2n) is 5.02. The molecule has 0 saturated heterocycles. The Morgan fingerprint density at radius 3 is 2.48 bits per heavy atom. The molecule has 6 nitrogen and oxygen atoms in total. The van der Waals surface area contributed by atoms with E-state index in [0.29, 0.717) is 37.8 Å². The third-order valence-electron chi connectivity index (χ3n) is 3.49. The lowest BCUT2D eigenvalue weighted by atomic mass is 9.93. The smallest absolute Gasteiger partial charge is 0.308 e. The van der Waals surface area contributed by atoms with E-state index in [1.807, 2.05) is 0 Å². The molecule has 1 aliphatic carbocycles. The fraction of sp³-hybridized carbons (Fsp3) is 0.462. The molecule has 0 spiro atoms. The molecule has 2 rings (SSSR count). The van der Waals surface area contributed by atoms with Gasteiger partial charge in [-0.2, -0.15) is 4.39 Å². The Labute approximate surface area is 118 Å². The van der Waals surface area contributed by atoms with Gasteiger partial charge < -0.3 is 10.4 Å². The summed E-state index contributed by atoms with van der Waals surface area (Å²) < 4.78 is 27.1. The normalized spacial score (nSPS) is 21.9. The van der Waals surface area contributed by atoms with Crippen molar-refractivity contribution in [2.45, 2.75) is 37.8 Å². The van der Waals surface area contributed by atoms with Gasteiger partial charge in [-0.05, 0) is 31.7 Å². The van der Waals surface area contributed by atoms with Crippen LogP contribution in [-0.2, 0) is 0 Å². The number of aliphatic hydroxyl groups excluding tert-OH is 1. The van der Waals surface area contributed by atoms with Crippen molar-refractivity contribution in [3.05, 3.63) is 39.4 Å². The van der Waals surface area contributed by atoms with Gasteiger partial charge in [-0.3, -0.25) is 14.9 Å². The van der Waals surface area contributed by atoms with E-state index in [4.69, 9.17) is 0 Å². The van der Waals surface area contributed by atoms with Gasteiger partial charge in [0.2, 0.25) is 5.82 Å². The average Bonchev–Trinajstić information content (AvgIpc) is 2.43. The number of aliphatic hydroxyl groups is 1. The minimum absolute atomic E-state index is 0.261. The van der Waals surface area contributed by atoms with E-state index in [2.05, 4.69) is 5.32 Å². The standard InChI is InChI=1S/C13H14F2N2O4/c14-7-5-10(12(15)11(6-7)17(20)21)13(19)16-8-1-3-9(18)4-2-8/h5-6,8-9,18H,1-4H2,(H,16,19). The van der Waals surface area contributed by atoms with E-state index >= 15 is 0 Å². The van der Waals surface area contributed by atoms with Crippen molar-refractivity contribution < 1.29 is 23.6 Å². The molecular weight excluding hydrogens is 286 g/mol. The Bertz CT molecular complexity index is 572. The van der Waals surface area contributed by atoms with Crippen molar-refractivity contribution in [3.63, 3.8) is 0 Å². The van der Waals surface area contributed by atoms with E-state index in [1.54, 1.807) is 0 Å². The highest BCUT2D eigenvalue weighted by Gasteiger charge is 2.27. The van der Waals surface area contributed by atoms with Crippen molar-refractivity contribution in [3.8, 4) is 0 Å². The molecule has 0 heterocycles. The second-order valence-corrected chi connectivity index (χ2v) is 5.02. The molecule has 0 radical (unpaired) electrons. The summed E-state index contributed by atoms with van der Waals surface area (Å²) in [4.78, 5) is 21.5. The van der Waals surface area contributed by atoms with Gasteiger partial charge in [0.1, 0.15) is 5.82 Å². The van der Waals surface area contributed by atoms with Crippen LogP contribution in [0.25, 0.3) is 0 Å². The molecule has 0 aromatic heterocycles. The molecule has 2 N–H and O–H groups in total. The molecule has 0 aliphatic heterocycles. The SMILES string of the molecule is O=C(NC1CCC(O)CC1)c1cc(F)cc([N+](=O)[O-])c1F. The van der Waals surface area contributed by atoms with E-state index < -0.39 is 39.8 Å². The number of hydrogen-bond acceptors (Lipinski definition) is 4.